The lowest BCUT2D eigenvalue weighted by molar-refractivity contribution is 0.0734. The molecule has 1 heterocycles. The molecule has 0 unspecified atom stereocenters. The second-order valence-electron chi connectivity index (χ2n) is 6.05. The summed E-state index contributed by atoms with van der Waals surface area (Å²) in [5, 5.41) is 0. The van der Waals surface area contributed by atoms with Crippen LogP contribution in [-0.4, -0.2) is 11.8 Å². The summed E-state index contributed by atoms with van der Waals surface area (Å²) in [5.74, 6) is -0.582. The van der Waals surface area contributed by atoms with E-state index in [1.54, 1.807) is 12.1 Å². The van der Waals surface area contributed by atoms with E-state index < -0.39 is 11.8 Å². The van der Waals surface area contributed by atoms with Gasteiger partial charge in [0, 0.05) is 10.5 Å². The van der Waals surface area contributed by atoms with Crippen molar-refractivity contribution in [3.8, 4) is 11.5 Å². The summed E-state index contributed by atoms with van der Waals surface area (Å²) >= 11 is 3.39. The van der Waals surface area contributed by atoms with Gasteiger partial charge in [0.2, 0.25) is 5.78 Å². The highest BCUT2D eigenvalue weighted by molar-refractivity contribution is 9.10. The Morgan fingerprint density at radius 1 is 1.04 bits per heavy atom. The Hall–Kier alpha value is -3.25. The molecule has 0 atom stereocenters. The van der Waals surface area contributed by atoms with Crippen LogP contribution in [0.2, 0.25) is 0 Å². The minimum atomic E-state index is -0.630. The molecule has 1 aliphatic heterocycles. The van der Waals surface area contributed by atoms with Crippen molar-refractivity contribution in [1.29, 1.82) is 0 Å². The van der Waals surface area contributed by atoms with E-state index in [2.05, 4.69) is 15.9 Å². The molecular weight excluding hydrogens is 427 g/mol. The van der Waals surface area contributed by atoms with E-state index in [1.807, 2.05) is 24.3 Å². The Morgan fingerprint density at radius 2 is 1.82 bits per heavy atom. The number of allylic oxidation sites excluding steroid dienone is 1. The second kappa shape index (κ2) is 7.40. The average Bonchev–Trinajstić information content (AvgIpc) is 2.97. The number of hydrogen-bond acceptors (Lipinski definition) is 4. The molecule has 1 aliphatic rings. The molecule has 0 radical (unpaired) electrons. The minimum Gasteiger partial charge on any atom is -0.452 e. The second-order valence-corrected chi connectivity index (χ2v) is 6.96. The van der Waals surface area contributed by atoms with Crippen molar-refractivity contribution in [2.45, 2.75) is 0 Å². The molecule has 0 saturated heterocycles. The third-order valence-corrected chi connectivity index (χ3v) is 4.57. The largest absolute Gasteiger partial charge is 0.452 e. The van der Waals surface area contributed by atoms with Gasteiger partial charge in [-0.3, -0.25) is 4.79 Å². The average molecular weight is 439 g/mol. The van der Waals surface area contributed by atoms with Gasteiger partial charge in [0.25, 0.3) is 0 Å². The maximum absolute atomic E-state index is 13.0. The van der Waals surface area contributed by atoms with Crippen molar-refractivity contribution in [3.63, 3.8) is 0 Å². The first-order valence-electron chi connectivity index (χ1n) is 8.31. The minimum absolute atomic E-state index is 0.190. The van der Waals surface area contributed by atoms with E-state index in [4.69, 9.17) is 9.47 Å². The molecule has 4 nitrogen and oxygen atoms in total. The summed E-state index contributed by atoms with van der Waals surface area (Å²) in [4.78, 5) is 24.7. The number of fused-ring (bicyclic) bond motifs is 1. The SMILES string of the molecule is O=C(Oc1ccc2c(c1)O/C(=C\c1cccc(Br)c1)C2=O)c1ccc(F)cc1. The van der Waals surface area contributed by atoms with Gasteiger partial charge in [-0.25, -0.2) is 9.18 Å². The molecule has 0 N–H and O–H groups in total. The Balaban J connectivity index is 1.55. The number of carbonyl (C=O) groups is 2. The fraction of sp³-hybridized carbons (Fsp3) is 0. The first-order valence-corrected chi connectivity index (χ1v) is 9.10. The highest BCUT2D eigenvalue weighted by Gasteiger charge is 2.28. The molecule has 0 spiro atoms. The van der Waals surface area contributed by atoms with Crippen LogP contribution < -0.4 is 9.47 Å². The normalized spacial score (nSPS) is 13.9. The highest BCUT2D eigenvalue weighted by Crippen LogP contribution is 2.35. The number of benzene rings is 3. The topological polar surface area (TPSA) is 52.6 Å². The first kappa shape index (κ1) is 18.1. The molecule has 0 fully saturated rings. The van der Waals surface area contributed by atoms with E-state index in [0.29, 0.717) is 11.3 Å². The molecule has 0 aliphatic carbocycles. The van der Waals surface area contributed by atoms with Crippen LogP contribution in [0.1, 0.15) is 26.3 Å². The lowest BCUT2D eigenvalue weighted by Gasteiger charge is -2.05. The van der Waals surface area contributed by atoms with Crippen molar-refractivity contribution < 1.29 is 23.5 Å². The zero-order chi connectivity index (χ0) is 19.7. The Labute approximate surface area is 168 Å². The van der Waals surface area contributed by atoms with Crippen molar-refractivity contribution >= 4 is 33.8 Å². The quantitative estimate of drug-likeness (QED) is 0.311. The van der Waals surface area contributed by atoms with Crippen molar-refractivity contribution in [2.24, 2.45) is 0 Å². The number of Topliss-reactive ketones (excluding diaryl/α,β-unsaturated/α-hetero) is 1. The molecule has 0 saturated carbocycles. The number of ketones is 1. The van der Waals surface area contributed by atoms with Crippen LogP contribution in [0.4, 0.5) is 4.39 Å². The van der Waals surface area contributed by atoms with Crippen LogP contribution in [0.3, 0.4) is 0 Å². The summed E-state index contributed by atoms with van der Waals surface area (Å²) in [6.45, 7) is 0. The van der Waals surface area contributed by atoms with Crippen LogP contribution in [0.15, 0.2) is 77.0 Å². The standard InChI is InChI=1S/C22H12BrFO4/c23-15-3-1-2-13(10-15)11-20-21(25)18-9-8-17(12-19(18)28-20)27-22(26)14-4-6-16(24)7-5-14/h1-12H/b20-11-. The molecule has 0 amide bonds. The fourth-order valence-electron chi connectivity index (χ4n) is 2.73. The summed E-state index contributed by atoms with van der Waals surface area (Å²) in [6.07, 6.45) is 1.65. The third kappa shape index (κ3) is 3.73. The van der Waals surface area contributed by atoms with Gasteiger partial charge < -0.3 is 9.47 Å². The van der Waals surface area contributed by atoms with E-state index in [0.717, 1.165) is 10.0 Å². The van der Waals surface area contributed by atoms with E-state index in [9.17, 15) is 14.0 Å². The summed E-state index contributed by atoms with van der Waals surface area (Å²) in [6, 6.07) is 17.0. The van der Waals surface area contributed by atoms with E-state index in [-0.39, 0.29) is 22.9 Å². The van der Waals surface area contributed by atoms with Gasteiger partial charge in [0.1, 0.15) is 17.3 Å². The van der Waals surface area contributed by atoms with Crippen LogP contribution in [0.5, 0.6) is 11.5 Å². The molecule has 3 aromatic rings. The first-order chi connectivity index (χ1) is 13.5. The van der Waals surface area contributed by atoms with E-state index in [1.165, 1.54) is 36.4 Å². The zero-order valence-corrected chi connectivity index (χ0v) is 15.9. The third-order valence-electron chi connectivity index (χ3n) is 4.08. The van der Waals surface area contributed by atoms with E-state index >= 15 is 0 Å². The Kier molecular flexibility index (Phi) is 4.79. The Morgan fingerprint density at radius 3 is 2.57 bits per heavy atom. The molecule has 28 heavy (non-hydrogen) atoms. The summed E-state index contributed by atoms with van der Waals surface area (Å²) < 4.78 is 24.8. The lowest BCUT2D eigenvalue weighted by Crippen LogP contribution is -2.08. The summed E-state index contributed by atoms with van der Waals surface area (Å²) in [7, 11) is 0. The maximum atomic E-state index is 13.0. The van der Waals surface area contributed by atoms with Crippen LogP contribution in [0.25, 0.3) is 6.08 Å². The number of rotatable bonds is 3. The van der Waals surface area contributed by atoms with Crippen LogP contribution in [-0.2, 0) is 0 Å². The molecule has 6 heteroatoms. The molecule has 0 aromatic heterocycles. The van der Waals surface area contributed by atoms with Gasteiger partial charge in [-0.05, 0) is 60.2 Å². The monoisotopic (exact) mass is 438 g/mol. The van der Waals surface area contributed by atoms with Crippen molar-refractivity contribution in [1.82, 2.24) is 0 Å². The lowest BCUT2D eigenvalue weighted by atomic mass is 10.1. The smallest absolute Gasteiger partial charge is 0.343 e. The number of hydrogen-bond donors (Lipinski definition) is 0. The summed E-state index contributed by atoms with van der Waals surface area (Å²) in [5.41, 5.74) is 1.42. The molecule has 3 aromatic carbocycles. The predicted octanol–water partition coefficient (Wildman–Crippen LogP) is 5.42. The number of carbonyl (C=O) groups excluding carboxylic acids is 2. The maximum Gasteiger partial charge on any atom is 0.343 e. The number of ether oxygens (including phenoxy) is 2. The van der Waals surface area contributed by atoms with Crippen molar-refractivity contribution in [2.75, 3.05) is 0 Å². The Bertz CT molecular complexity index is 1120. The molecule has 0 bridgehead atoms. The molecular formula is C22H12BrFO4. The highest BCUT2D eigenvalue weighted by atomic mass is 79.9. The van der Waals surface area contributed by atoms with Crippen molar-refractivity contribution in [3.05, 3.63) is 99.5 Å². The predicted molar refractivity (Wildman–Crippen MR) is 105 cm³/mol. The van der Waals surface area contributed by atoms with Crippen LogP contribution >= 0.6 is 15.9 Å². The van der Waals surface area contributed by atoms with Crippen LogP contribution in [0, 0.1) is 5.82 Å². The van der Waals surface area contributed by atoms with Gasteiger partial charge in [0.05, 0.1) is 11.1 Å². The molecule has 138 valence electrons. The fourth-order valence-corrected chi connectivity index (χ4v) is 3.15. The van der Waals surface area contributed by atoms with Gasteiger partial charge in [-0.1, -0.05) is 28.1 Å². The van der Waals surface area contributed by atoms with Gasteiger partial charge >= 0.3 is 5.97 Å². The molecule has 4 rings (SSSR count). The number of halogens is 2. The van der Waals surface area contributed by atoms with Gasteiger partial charge in [-0.2, -0.15) is 0 Å². The number of esters is 1. The zero-order valence-electron chi connectivity index (χ0n) is 14.3. The van der Waals surface area contributed by atoms with Gasteiger partial charge in [0.15, 0.2) is 5.76 Å². The van der Waals surface area contributed by atoms with Gasteiger partial charge in [-0.15, -0.1) is 0 Å².